The van der Waals surface area contributed by atoms with Crippen LogP contribution < -0.4 is 10.6 Å². The molecule has 0 unspecified atom stereocenters. The molecule has 0 heterocycles. The lowest BCUT2D eigenvalue weighted by Gasteiger charge is -2.20. The first kappa shape index (κ1) is 38.8. The number of benzene rings is 4. The minimum atomic E-state index is -0.960. The molecule has 0 saturated carbocycles. The molecule has 2 amide bonds. The Morgan fingerprint density at radius 2 is 0.980 bits per heavy atom. The Kier molecular flexibility index (Phi) is 12.9. The summed E-state index contributed by atoms with van der Waals surface area (Å²) in [5.74, 6) is -1.30. The van der Waals surface area contributed by atoms with Crippen LogP contribution in [0, 0.1) is 13.8 Å². The number of hydrogen-bond donors (Lipinski definition) is 3. The van der Waals surface area contributed by atoms with Crippen LogP contribution in [0.3, 0.4) is 0 Å². The maximum absolute atomic E-state index is 12.0. The van der Waals surface area contributed by atoms with Gasteiger partial charge in [-0.25, -0.2) is 19.2 Å². The molecule has 50 heavy (non-hydrogen) atoms. The van der Waals surface area contributed by atoms with Crippen LogP contribution in [0.1, 0.15) is 80.3 Å². The number of carbonyl (C=O) groups is 4. The van der Waals surface area contributed by atoms with E-state index in [-0.39, 0.29) is 11.5 Å². The lowest BCUT2D eigenvalue weighted by Crippen LogP contribution is -2.27. The van der Waals surface area contributed by atoms with Crippen LogP contribution >= 0.6 is 0 Å². The highest BCUT2D eigenvalue weighted by atomic mass is 16.6. The Labute approximate surface area is 293 Å². The minimum absolute atomic E-state index is 0.236. The van der Waals surface area contributed by atoms with E-state index in [4.69, 9.17) is 19.3 Å². The third kappa shape index (κ3) is 12.1. The van der Waals surface area contributed by atoms with Crippen molar-refractivity contribution in [1.29, 1.82) is 0 Å². The molecule has 0 aliphatic rings. The minimum Gasteiger partial charge on any atom is -0.478 e. The Morgan fingerprint density at radius 3 is 1.32 bits per heavy atom. The topological polar surface area (TPSA) is 140 Å². The summed E-state index contributed by atoms with van der Waals surface area (Å²) in [5, 5.41) is 14.4. The number of aryl methyl sites for hydroxylation is 2. The molecule has 0 aliphatic carbocycles. The quantitative estimate of drug-likeness (QED) is 0.129. The van der Waals surface area contributed by atoms with Gasteiger partial charge in [-0.2, -0.15) is 0 Å². The molecule has 0 aromatic heterocycles. The molecule has 0 atom stereocenters. The van der Waals surface area contributed by atoms with E-state index in [2.05, 4.69) is 10.6 Å². The maximum atomic E-state index is 12.0. The van der Waals surface area contributed by atoms with Crippen LogP contribution in [0.5, 0.6) is 0 Å². The molecular weight excluding hydrogens is 636 g/mol. The zero-order valence-electron chi connectivity index (χ0n) is 30.1. The van der Waals surface area contributed by atoms with Crippen molar-refractivity contribution in [3.05, 3.63) is 107 Å². The predicted molar refractivity (Wildman–Crippen MR) is 196 cm³/mol. The SMILES string of the molecule is CCOC(=O)c1ccc(-c2cc(NC(=O)OC(C)(C)C)ccc2C)cc1.Cc1ccc(NC(=O)OC(C)(C)C)cc1-c1ccc(C(=O)O)cc1. The van der Waals surface area contributed by atoms with Crippen LogP contribution in [0.2, 0.25) is 0 Å². The average molecular weight is 683 g/mol. The predicted octanol–water partition coefficient (Wildman–Crippen LogP) is 9.89. The van der Waals surface area contributed by atoms with Gasteiger partial charge in [0.2, 0.25) is 0 Å². The first-order chi connectivity index (χ1) is 23.3. The monoisotopic (exact) mass is 682 g/mol. The lowest BCUT2D eigenvalue weighted by atomic mass is 9.99. The van der Waals surface area contributed by atoms with E-state index in [1.807, 2.05) is 77.1 Å². The van der Waals surface area contributed by atoms with E-state index < -0.39 is 29.4 Å². The van der Waals surface area contributed by atoms with Crippen molar-refractivity contribution in [2.24, 2.45) is 0 Å². The number of rotatable bonds is 7. The fourth-order valence-electron chi connectivity index (χ4n) is 4.66. The third-order valence-electron chi connectivity index (χ3n) is 6.92. The van der Waals surface area contributed by atoms with Crippen molar-refractivity contribution in [2.75, 3.05) is 17.2 Å². The number of carboxylic acids is 1. The van der Waals surface area contributed by atoms with Crippen molar-refractivity contribution in [1.82, 2.24) is 0 Å². The lowest BCUT2D eigenvalue weighted by molar-refractivity contribution is 0.0524. The molecule has 0 bridgehead atoms. The van der Waals surface area contributed by atoms with E-state index in [0.29, 0.717) is 23.5 Å². The number of ether oxygens (including phenoxy) is 3. The van der Waals surface area contributed by atoms with Gasteiger partial charge in [0.05, 0.1) is 17.7 Å². The summed E-state index contributed by atoms with van der Waals surface area (Å²) in [6.45, 7) is 16.9. The molecule has 10 heteroatoms. The largest absolute Gasteiger partial charge is 0.478 e. The molecule has 3 N–H and O–H groups in total. The van der Waals surface area contributed by atoms with Gasteiger partial charge in [0.15, 0.2) is 0 Å². The number of hydrogen-bond acceptors (Lipinski definition) is 7. The van der Waals surface area contributed by atoms with Gasteiger partial charge in [-0.15, -0.1) is 0 Å². The third-order valence-corrected chi connectivity index (χ3v) is 6.92. The summed E-state index contributed by atoms with van der Waals surface area (Å²) in [7, 11) is 0. The molecule has 0 fully saturated rings. The number of nitrogens with one attached hydrogen (secondary N) is 2. The number of aromatic carboxylic acids is 1. The van der Waals surface area contributed by atoms with E-state index in [1.165, 1.54) is 0 Å². The van der Waals surface area contributed by atoms with Crippen LogP contribution in [-0.4, -0.2) is 47.0 Å². The Hall–Kier alpha value is -5.64. The summed E-state index contributed by atoms with van der Waals surface area (Å²) in [6, 6.07) is 25.0. The smallest absolute Gasteiger partial charge is 0.412 e. The summed E-state index contributed by atoms with van der Waals surface area (Å²) in [6.07, 6.45) is -1.01. The molecule has 4 aromatic rings. The first-order valence-electron chi connectivity index (χ1n) is 16.2. The Morgan fingerprint density at radius 1 is 0.600 bits per heavy atom. The molecule has 10 nitrogen and oxygen atoms in total. The number of carbonyl (C=O) groups excluding carboxylic acids is 3. The van der Waals surface area contributed by atoms with Gasteiger partial charge in [0, 0.05) is 11.4 Å². The molecule has 0 saturated heterocycles. The van der Waals surface area contributed by atoms with Gasteiger partial charge in [-0.3, -0.25) is 10.6 Å². The fourth-order valence-corrected chi connectivity index (χ4v) is 4.66. The van der Waals surface area contributed by atoms with Gasteiger partial charge in [-0.1, -0.05) is 36.4 Å². The van der Waals surface area contributed by atoms with Crippen molar-refractivity contribution >= 4 is 35.5 Å². The van der Waals surface area contributed by atoms with E-state index in [1.54, 1.807) is 70.2 Å². The first-order valence-corrected chi connectivity index (χ1v) is 16.2. The Balaban J connectivity index is 0.000000271. The van der Waals surface area contributed by atoms with Crippen LogP contribution in [0.15, 0.2) is 84.9 Å². The molecular formula is C40H46N2O8. The van der Waals surface area contributed by atoms with Gasteiger partial charge >= 0.3 is 24.1 Å². The second-order valence-electron chi connectivity index (χ2n) is 13.5. The summed E-state index contributed by atoms with van der Waals surface area (Å²) >= 11 is 0. The van der Waals surface area contributed by atoms with Crippen molar-refractivity contribution in [3.63, 3.8) is 0 Å². The molecule has 0 aliphatic heterocycles. The second-order valence-corrected chi connectivity index (χ2v) is 13.5. The van der Waals surface area contributed by atoms with Crippen molar-refractivity contribution in [2.45, 2.75) is 73.5 Å². The number of anilines is 2. The van der Waals surface area contributed by atoms with Crippen LogP contribution in [-0.2, 0) is 14.2 Å². The zero-order chi connectivity index (χ0) is 37.2. The van der Waals surface area contributed by atoms with E-state index >= 15 is 0 Å². The molecule has 4 aromatic carbocycles. The maximum Gasteiger partial charge on any atom is 0.412 e. The van der Waals surface area contributed by atoms with Crippen LogP contribution in [0.25, 0.3) is 22.3 Å². The standard InChI is InChI=1S/C21H25NO4.C19H21NO4/c1-6-25-19(23)16-10-8-15(9-11-16)18-13-17(12-7-14(18)2)22-20(24)26-21(3,4)5;1-12-5-10-15(20-18(23)24-19(2,3)4)11-16(12)13-6-8-14(9-7-13)17(21)22/h7-13H,6H2,1-5H3,(H,22,24);5-11H,1-4H3,(H,20,23)(H,21,22). The van der Waals surface area contributed by atoms with Gasteiger partial charge in [0.25, 0.3) is 0 Å². The average Bonchev–Trinajstić information content (AvgIpc) is 3.01. The highest BCUT2D eigenvalue weighted by Gasteiger charge is 2.18. The molecule has 4 rings (SSSR count). The molecule has 264 valence electrons. The number of esters is 1. The van der Waals surface area contributed by atoms with Crippen molar-refractivity contribution in [3.8, 4) is 22.3 Å². The fraction of sp³-hybridized carbons (Fsp3) is 0.300. The van der Waals surface area contributed by atoms with Gasteiger partial charge in [0.1, 0.15) is 11.2 Å². The summed E-state index contributed by atoms with van der Waals surface area (Å²) < 4.78 is 15.5. The van der Waals surface area contributed by atoms with Crippen LogP contribution in [0.4, 0.5) is 21.0 Å². The number of amides is 2. The van der Waals surface area contributed by atoms with Gasteiger partial charge in [-0.05, 0) is 144 Å². The Bertz CT molecular complexity index is 1820. The van der Waals surface area contributed by atoms with E-state index in [9.17, 15) is 19.2 Å². The summed E-state index contributed by atoms with van der Waals surface area (Å²) in [5.41, 5.74) is 6.68. The molecule has 0 radical (unpaired) electrons. The number of carboxylic acid groups (broad SMARTS) is 1. The highest BCUT2D eigenvalue weighted by Crippen LogP contribution is 2.29. The normalized spacial score (nSPS) is 11.0. The second kappa shape index (κ2) is 16.6. The van der Waals surface area contributed by atoms with Gasteiger partial charge < -0.3 is 19.3 Å². The van der Waals surface area contributed by atoms with E-state index in [0.717, 1.165) is 33.4 Å². The highest BCUT2D eigenvalue weighted by molar-refractivity contribution is 5.91. The van der Waals surface area contributed by atoms with Crippen molar-refractivity contribution < 1.29 is 38.5 Å². The summed E-state index contributed by atoms with van der Waals surface area (Å²) in [4.78, 5) is 46.5. The zero-order valence-corrected chi connectivity index (χ0v) is 30.1. The molecule has 0 spiro atoms.